The summed E-state index contributed by atoms with van der Waals surface area (Å²) in [5.41, 5.74) is 21.1. The van der Waals surface area contributed by atoms with Crippen molar-refractivity contribution in [1.29, 1.82) is 0 Å². The smallest absolute Gasteiger partial charge is 0.160 e. The Morgan fingerprint density at radius 3 is 1.59 bits per heavy atom. The minimum absolute atomic E-state index is 0.151. The van der Waals surface area contributed by atoms with Crippen molar-refractivity contribution in [3.8, 4) is 78.4 Å². The van der Waals surface area contributed by atoms with Gasteiger partial charge in [0, 0.05) is 63.8 Å². The minimum Gasteiger partial charge on any atom is -0.308 e. The molecule has 0 fully saturated rings. The topological polar surface area (TPSA) is 30.2 Å². The van der Waals surface area contributed by atoms with Crippen LogP contribution in [0.15, 0.2) is 224 Å². The van der Waals surface area contributed by atoms with Gasteiger partial charge in [-0.3, -0.25) is 0 Å². The number of aromatic nitrogens is 3. The molecule has 0 aliphatic heterocycles. The minimum atomic E-state index is -0.151. The van der Waals surface area contributed by atoms with Crippen molar-refractivity contribution in [2.45, 2.75) is 19.3 Å². The average molecular weight is 922 g/mol. The van der Waals surface area contributed by atoms with Crippen LogP contribution in [0.2, 0.25) is 0 Å². The molecule has 0 unspecified atom stereocenters. The Kier molecular flexibility index (Phi) is 8.58. The molecule has 1 aliphatic carbocycles. The predicted molar refractivity (Wildman–Crippen MR) is 300 cm³/mol. The van der Waals surface area contributed by atoms with Crippen LogP contribution in [-0.4, -0.2) is 14.4 Å². The van der Waals surface area contributed by atoms with Crippen molar-refractivity contribution in [3.05, 3.63) is 236 Å². The lowest BCUT2D eigenvalue weighted by molar-refractivity contribution is 0.660. The normalized spacial score (nSPS) is 13.0. The summed E-state index contributed by atoms with van der Waals surface area (Å²) in [5.74, 6) is 0.721. The van der Waals surface area contributed by atoms with E-state index < -0.39 is 0 Å². The van der Waals surface area contributed by atoms with E-state index in [1.54, 1.807) is 0 Å². The average Bonchev–Trinajstić information content (AvgIpc) is 4.15. The number of nitrogens with zero attached hydrogens (tertiary/aromatic N) is 3. The zero-order chi connectivity index (χ0) is 47.0. The van der Waals surface area contributed by atoms with Crippen LogP contribution < -0.4 is 0 Å². The molecule has 0 saturated carbocycles. The van der Waals surface area contributed by atoms with Gasteiger partial charge in [0.25, 0.3) is 0 Å². The van der Waals surface area contributed by atoms with E-state index in [1.807, 2.05) is 35.6 Å². The monoisotopic (exact) mass is 921 g/mol. The number of hydrogen-bond donors (Lipinski definition) is 0. The van der Waals surface area contributed by atoms with E-state index in [4.69, 9.17) is 9.97 Å². The van der Waals surface area contributed by atoms with E-state index in [2.05, 4.69) is 218 Å². The highest BCUT2D eigenvalue weighted by Crippen LogP contribution is 2.51. The van der Waals surface area contributed by atoms with Gasteiger partial charge in [-0.25, -0.2) is 9.97 Å². The molecule has 1 aliphatic rings. The summed E-state index contributed by atoms with van der Waals surface area (Å²) in [6.45, 7) is 4.70. The van der Waals surface area contributed by atoms with E-state index in [-0.39, 0.29) is 5.41 Å². The first-order valence-electron chi connectivity index (χ1n) is 24.5. The predicted octanol–water partition coefficient (Wildman–Crippen LogP) is 18.3. The molecule has 10 aromatic carbocycles. The third-order valence-electron chi connectivity index (χ3n) is 15.4. The SMILES string of the molecule is CC1(C)c2ccc(-c3cccc(-c4ccc5c6cccc7c8ccc(-c9cccc%10sc%11ccccc%11c9%10)cc8n(c5c4)c67)c3)cc2-c2cc(-c3cc(-c4ccccc4)nc(-c4ccccc4)n3)ccc21. The maximum absolute atomic E-state index is 5.20. The molecule has 0 N–H and O–H groups in total. The fourth-order valence-electron chi connectivity index (χ4n) is 11.9. The van der Waals surface area contributed by atoms with E-state index in [0.717, 1.165) is 33.9 Å². The van der Waals surface area contributed by atoms with Gasteiger partial charge in [-0.2, -0.15) is 0 Å². The molecule has 0 amide bonds. The molecule has 4 heterocycles. The van der Waals surface area contributed by atoms with E-state index in [9.17, 15) is 0 Å². The van der Waals surface area contributed by atoms with E-state index >= 15 is 0 Å². The molecule has 0 radical (unpaired) electrons. The van der Waals surface area contributed by atoms with Gasteiger partial charge in [0.05, 0.1) is 27.9 Å². The Labute approximate surface area is 415 Å². The van der Waals surface area contributed by atoms with E-state index in [1.165, 1.54) is 114 Å². The second-order valence-electron chi connectivity index (χ2n) is 19.7. The lowest BCUT2D eigenvalue weighted by Gasteiger charge is -2.21. The van der Waals surface area contributed by atoms with Crippen molar-refractivity contribution >= 4 is 69.6 Å². The summed E-state index contributed by atoms with van der Waals surface area (Å²) >= 11 is 1.88. The van der Waals surface area contributed by atoms with Gasteiger partial charge in [0.1, 0.15) is 0 Å². The maximum Gasteiger partial charge on any atom is 0.160 e. The molecule has 4 aromatic heterocycles. The summed E-state index contributed by atoms with van der Waals surface area (Å²) in [5, 5.41) is 7.81. The van der Waals surface area contributed by atoms with E-state index in [0.29, 0.717) is 0 Å². The summed E-state index contributed by atoms with van der Waals surface area (Å²) < 4.78 is 5.18. The third-order valence-corrected chi connectivity index (χ3v) is 16.5. The molecule has 0 atom stereocenters. The molecule has 0 saturated heterocycles. The van der Waals surface area contributed by atoms with Crippen molar-refractivity contribution < 1.29 is 0 Å². The molecule has 0 spiro atoms. The van der Waals surface area contributed by atoms with Gasteiger partial charge in [-0.1, -0.05) is 190 Å². The lowest BCUT2D eigenvalue weighted by Crippen LogP contribution is -2.14. The van der Waals surface area contributed by atoms with Gasteiger partial charge in [-0.05, 0) is 104 Å². The zero-order valence-electron chi connectivity index (χ0n) is 39.1. The van der Waals surface area contributed by atoms with Crippen molar-refractivity contribution in [2.75, 3.05) is 0 Å². The molecular weight excluding hydrogens is 879 g/mol. The van der Waals surface area contributed by atoms with Gasteiger partial charge in [0.2, 0.25) is 0 Å². The molecule has 71 heavy (non-hydrogen) atoms. The van der Waals surface area contributed by atoms with Crippen LogP contribution in [0.25, 0.3) is 137 Å². The number of rotatable bonds is 6. The Bertz CT molecular complexity index is 4420. The number of para-hydroxylation sites is 1. The van der Waals surface area contributed by atoms with Crippen LogP contribution in [0.1, 0.15) is 25.0 Å². The first-order valence-corrected chi connectivity index (χ1v) is 25.3. The molecule has 14 aromatic rings. The molecule has 0 bridgehead atoms. The highest BCUT2D eigenvalue weighted by atomic mass is 32.1. The number of thiophene rings is 1. The Balaban J connectivity index is 0.833. The quantitative estimate of drug-likeness (QED) is 0.166. The van der Waals surface area contributed by atoms with Crippen molar-refractivity contribution in [3.63, 3.8) is 0 Å². The maximum atomic E-state index is 5.20. The lowest BCUT2D eigenvalue weighted by atomic mass is 9.82. The number of hydrogen-bond acceptors (Lipinski definition) is 3. The Morgan fingerprint density at radius 2 is 0.859 bits per heavy atom. The molecular formula is C67H43N3S. The summed E-state index contributed by atoms with van der Waals surface area (Å²) in [7, 11) is 0. The zero-order valence-corrected chi connectivity index (χ0v) is 39.9. The molecule has 332 valence electrons. The Morgan fingerprint density at radius 1 is 0.352 bits per heavy atom. The molecule has 3 nitrogen and oxygen atoms in total. The fraction of sp³-hybridized carbons (Fsp3) is 0.0448. The van der Waals surface area contributed by atoms with Crippen LogP contribution >= 0.6 is 11.3 Å². The summed E-state index contributed by atoms with van der Waals surface area (Å²) in [6.07, 6.45) is 0. The standard InChI is InChI=1S/C67H43N3S/c1-67(2)56-32-28-44(35-54(56)55-36-47(29-33-57(55)67)59-39-58(40-14-5-3-6-15-40)68-66(69-59)41-16-7-4-8-17-41)42-18-11-19-43(34-42)45-26-30-49-51-22-12-23-52-50-31-27-46(38-61(50)70(65(51)52)60(49)37-45)48-21-13-25-63-64(48)53-20-9-10-24-62(53)71-63/h3-39H,1-2H3. The van der Waals surface area contributed by atoms with Gasteiger partial charge in [0.15, 0.2) is 5.82 Å². The van der Waals surface area contributed by atoms with Crippen LogP contribution in [-0.2, 0) is 5.41 Å². The highest BCUT2D eigenvalue weighted by Gasteiger charge is 2.36. The van der Waals surface area contributed by atoms with Gasteiger partial charge >= 0.3 is 0 Å². The van der Waals surface area contributed by atoms with Gasteiger partial charge < -0.3 is 4.40 Å². The number of fused-ring (bicyclic) bond motifs is 12. The Hall–Kier alpha value is -8.70. The second-order valence-corrected chi connectivity index (χ2v) is 20.8. The molecule has 15 rings (SSSR count). The van der Waals surface area contributed by atoms with Crippen LogP contribution in [0.3, 0.4) is 0 Å². The summed E-state index contributed by atoms with van der Waals surface area (Å²) in [4.78, 5) is 10.3. The number of benzene rings is 10. The second kappa shape index (κ2) is 15.1. The first kappa shape index (κ1) is 40.2. The first-order chi connectivity index (χ1) is 34.9. The largest absolute Gasteiger partial charge is 0.308 e. The third kappa shape index (κ3) is 6.08. The highest BCUT2D eigenvalue weighted by molar-refractivity contribution is 7.25. The summed E-state index contributed by atoms with van der Waals surface area (Å²) in [6, 6.07) is 82.4. The van der Waals surface area contributed by atoms with Crippen LogP contribution in [0.4, 0.5) is 0 Å². The van der Waals surface area contributed by atoms with Gasteiger partial charge in [-0.15, -0.1) is 11.3 Å². The fourth-order valence-corrected chi connectivity index (χ4v) is 13.0. The van der Waals surface area contributed by atoms with Crippen LogP contribution in [0.5, 0.6) is 0 Å². The van der Waals surface area contributed by atoms with Crippen molar-refractivity contribution in [2.24, 2.45) is 0 Å². The van der Waals surface area contributed by atoms with Crippen molar-refractivity contribution in [1.82, 2.24) is 14.4 Å². The molecule has 4 heteroatoms. The van der Waals surface area contributed by atoms with Crippen LogP contribution in [0, 0.1) is 0 Å².